The Hall–Kier alpha value is -2.65. The molecule has 0 amide bonds. The quantitative estimate of drug-likeness (QED) is 0.425. The van der Waals surface area contributed by atoms with Gasteiger partial charge in [-0.3, -0.25) is 0 Å². The Morgan fingerprint density at radius 2 is 2.12 bits per heavy atom. The summed E-state index contributed by atoms with van der Waals surface area (Å²) in [4.78, 5) is 8.90. The fourth-order valence-electron chi connectivity index (χ4n) is 4.27. The molecule has 0 spiro atoms. The minimum absolute atomic E-state index is 0.123. The number of halogens is 2. The van der Waals surface area contributed by atoms with Crippen LogP contribution in [0.15, 0.2) is 40.9 Å². The van der Waals surface area contributed by atoms with E-state index in [-0.39, 0.29) is 24.0 Å². The Morgan fingerprint density at radius 3 is 2.76 bits per heavy atom. The smallest absolute Gasteiger partial charge is 0.400 e. The molecule has 182 valence electrons. The number of rotatable bonds is 9. The van der Waals surface area contributed by atoms with Gasteiger partial charge in [-0.25, -0.2) is 9.98 Å². The first kappa shape index (κ1) is 24.5. The molecule has 6 nitrogen and oxygen atoms in total. The number of thiazole rings is 1. The van der Waals surface area contributed by atoms with Crippen molar-refractivity contribution in [3.63, 3.8) is 0 Å². The van der Waals surface area contributed by atoms with E-state index in [9.17, 15) is 13.9 Å². The van der Waals surface area contributed by atoms with Crippen molar-refractivity contribution in [2.45, 2.75) is 58.2 Å². The Kier molecular flexibility index (Phi) is 6.87. The largest absolute Gasteiger partial charge is 0.484 e. The van der Waals surface area contributed by atoms with Crippen molar-refractivity contribution in [1.29, 1.82) is 5.41 Å². The summed E-state index contributed by atoms with van der Waals surface area (Å²) in [5.74, 6) is 0.877. The monoisotopic (exact) mass is 489 g/mol. The van der Waals surface area contributed by atoms with Gasteiger partial charge in [0.2, 0.25) is 0 Å². The predicted octanol–water partition coefficient (Wildman–Crippen LogP) is 6.42. The maximum atomic E-state index is 14.6. The minimum atomic E-state index is -3.60. The van der Waals surface area contributed by atoms with Crippen LogP contribution < -0.4 is 9.47 Å². The van der Waals surface area contributed by atoms with Crippen LogP contribution in [-0.2, 0) is 0 Å². The van der Waals surface area contributed by atoms with Gasteiger partial charge in [0.05, 0.1) is 23.3 Å². The fraction of sp³-hybridized carbons (Fsp3) is 0.480. The number of aliphatic hydroxyl groups is 1. The second-order valence-corrected chi connectivity index (χ2v) is 10.3. The lowest BCUT2D eigenvalue weighted by Gasteiger charge is -2.35. The van der Waals surface area contributed by atoms with E-state index in [1.54, 1.807) is 12.3 Å². The number of allylic oxidation sites excluding steroid dienone is 1. The molecule has 1 aromatic carbocycles. The minimum Gasteiger partial charge on any atom is -0.484 e. The molecule has 2 aliphatic rings. The van der Waals surface area contributed by atoms with E-state index < -0.39 is 18.1 Å². The van der Waals surface area contributed by atoms with E-state index in [1.165, 1.54) is 31.3 Å². The Bertz CT molecular complexity index is 1110. The van der Waals surface area contributed by atoms with Gasteiger partial charge in [0.15, 0.2) is 11.5 Å². The molecule has 2 N–H and O–H groups in total. The summed E-state index contributed by atoms with van der Waals surface area (Å²) in [6.45, 7) is 4.90. The fourth-order valence-corrected chi connectivity index (χ4v) is 4.93. The third-order valence-electron chi connectivity index (χ3n) is 5.95. The number of alkyl halides is 2. The second-order valence-electron chi connectivity index (χ2n) is 9.38. The van der Waals surface area contributed by atoms with Gasteiger partial charge in [0, 0.05) is 23.2 Å². The summed E-state index contributed by atoms with van der Waals surface area (Å²) >= 11 is 1.41. The van der Waals surface area contributed by atoms with E-state index in [4.69, 9.17) is 14.9 Å². The van der Waals surface area contributed by atoms with Gasteiger partial charge in [0.25, 0.3) is 0 Å². The summed E-state index contributed by atoms with van der Waals surface area (Å²) in [7, 11) is 0. The number of hydrogen-bond donors (Lipinski definition) is 2. The molecule has 2 atom stereocenters. The highest BCUT2D eigenvalue weighted by Crippen LogP contribution is 2.48. The summed E-state index contributed by atoms with van der Waals surface area (Å²) in [5.41, 5.74) is 0.610. The van der Waals surface area contributed by atoms with Gasteiger partial charge >= 0.3 is 6.11 Å². The number of ether oxygens (including phenoxy) is 2. The zero-order valence-corrected chi connectivity index (χ0v) is 20.3. The first-order chi connectivity index (χ1) is 16.1. The highest BCUT2D eigenvalue weighted by atomic mass is 32.1. The number of nitrogens with one attached hydrogen (secondary N) is 1. The number of nitrogens with zero attached hydrogens (tertiary/aromatic N) is 2. The molecule has 4 rings (SSSR count). The lowest BCUT2D eigenvalue weighted by molar-refractivity contribution is -0.206. The lowest BCUT2D eigenvalue weighted by Crippen LogP contribution is -2.35. The van der Waals surface area contributed by atoms with E-state index in [0.717, 1.165) is 25.0 Å². The Morgan fingerprint density at radius 1 is 1.32 bits per heavy atom. The van der Waals surface area contributed by atoms with E-state index in [1.807, 2.05) is 17.5 Å². The van der Waals surface area contributed by atoms with Crippen LogP contribution in [0.4, 0.5) is 14.5 Å². The van der Waals surface area contributed by atoms with Gasteiger partial charge in [-0.2, -0.15) is 8.78 Å². The summed E-state index contributed by atoms with van der Waals surface area (Å²) in [5, 5.41) is 20.5. The number of hydrogen-bond acceptors (Lipinski definition) is 7. The third kappa shape index (κ3) is 5.52. The van der Waals surface area contributed by atoms with Crippen LogP contribution in [0.3, 0.4) is 0 Å². The number of aliphatic imine (C=N–C) groups is 1. The van der Waals surface area contributed by atoms with Crippen molar-refractivity contribution in [3.05, 3.63) is 35.9 Å². The maximum Gasteiger partial charge on any atom is 0.400 e. The normalized spacial score (nSPS) is 20.5. The van der Waals surface area contributed by atoms with Crippen molar-refractivity contribution in [1.82, 2.24) is 4.98 Å². The highest BCUT2D eigenvalue weighted by molar-refractivity contribution is 7.13. The molecular weight excluding hydrogens is 460 g/mol. The standard InChI is InChI=1S/C25H29F2N3O3S/c1-4-15-12-16(20(15)28)6-5-7-17-13-32-22-18(23-29-10-11-34-23)8-9-19(21(22)30-17)33-25(26,27)14-24(2,3)31/h5,7-11,15-16,28,31H,4,6,12-14H2,1-3H3/b7-5+,28-20?. The summed E-state index contributed by atoms with van der Waals surface area (Å²) < 4.78 is 40.2. The SMILES string of the molecule is CCC1CC(C/C=C/C2=Nc3c(OC(F)(F)CC(C)(C)O)ccc(-c4nccs4)c3OC2)C1=N. The van der Waals surface area contributed by atoms with Crippen molar-refractivity contribution in [3.8, 4) is 22.1 Å². The highest BCUT2D eigenvalue weighted by Gasteiger charge is 2.39. The summed E-state index contributed by atoms with van der Waals surface area (Å²) in [6, 6.07) is 3.07. The lowest BCUT2D eigenvalue weighted by atomic mass is 9.70. The first-order valence-corrected chi connectivity index (χ1v) is 12.3. The van der Waals surface area contributed by atoms with Crippen LogP contribution in [0.1, 0.15) is 46.5 Å². The zero-order chi connectivity index (χ0) is 24.5. The average Bonchev–Trinajstić information content (AvgIpc) is 3.28. The topological polar surface area (TPSA) is 87.8 Å². The molecule has 2 heterocycles. The molecular formula is C25H29F2N3O3S. The van der Waals surface area contributed by atoms with Crippen LogP contribution in [0.2, 0.25) is 0 Å². The number of fused-ring (bicyclic) bond motifs is 1. The van der Waals surface area contributed by atoms with Crippen LogP contribution in [0, 0.1) is 17.2 Å². The van der Waals surface area contributed by atoms with Crippen molar-refractivity contribution < 1.29 is 23.4 Å². The molecule has 1 aromatic heterocycles. The average molecular weight is 490 g/mol. The van der Waals surface area contributed by atoms with Gasteiger partial charge in [-0.1, -0.05) is 13.0 Å². The second kappa shape index (κ2) is 9.54. The van der Waals surface area contributed by atoms with Gasteiger partial charge < -0.3 is 20.0 Å². The van der Waals surface area contributed by atoms with E-state index >= 15 is 0 Å². The molecule has 9 heteroatoms. The third-order valence-corrected chi connectivity index (χ3v) is 6.75. The van der Waals surface area contributed by atoms with Crippen LogP contribution in [0.5, 0.6) is 11.5 Å². The maximum absolute atomic E-state index is 14.6. The van der Waals surface area contributed by atoms with E-state index in [0.29, 0.717) is 28.0 Å². The van der Waals surface area contributed by atoms with Crippen molar-refractivity contribution in [2.24, 2.45) is 16.8 Å². The molecule has 0 radical (unpaired) electrons. The van der Waals surface area contributed by atoms with Crippen LogP contribution in [-0.4, -0.2) is 39.8 Å². The molecule has 2 unspecified atom stereocenters. The number of benzene rings is 1. The van der Waals surface area contributed by atoms with Crippen LogP contribution >= 0.6 is 11.3 Å². The molecule has 0 saturated heterocycles. The molecule has 0 bridgehead atoms. The predicted molar refractivity (Wildman–Crippen MR) is 130 cm³/mol. The van der Waals surface area contributed by atoms with Crippen molar-refractivity contribution in [2.75, 3.05) is 6.61 Å². The summed E-state index contributed by atoms with van der Waals surface area (Å²) in [6.07, 6.45) is 3.75. The molecule has 1 aliphatic heterocycles. The first-order valence-electron chi connectivity index (χ1n) is 11.4. The zero-order valence-electron chi connectivity index (χ0n) is 19.5. The Labute approximate surface area is 201 Å². The molecule has 1 saturated carbocycles. The van der Waals surface area contributed by atoms with Gasteiger partial charge in [-0.15, -0.1) is 11.3 Å². The van der Waals surface area contributed by atoms with E-state index in [2.05, 4.69) is 16.9 Å². The molecule has 34 heavy (non-hydrogen) atoms. The molecule has 1 aliphatic carbocycles. The molecule has 2 aromatic rings. The van der Waals surface area contributed by atoms with Crippen molar-refractivity contribution >= 4 is 28.4 Å². The van der Waals surface area contributed by atoms with Gasteiger partial charge in [0.1, 0.15) is 17.3 Å². The van der Waals surface area contributed by atoms with Crippen LogP contribution in [0.25, 0.3) is 10.6 Å². The number of aromatic nitrogens is 1. The Balaban J connectivity index is 1.61. The molecule has 1 fully saturated rings. The van der Waals surface area contributed by atoms with Gasteiger partial charge in [-0.05, 0) is 57.2 Å².